The second-order valence-corrected chi connectivity index (χ2v) is 6.48. The minimum atomic E-state index is -0.403. The largest absolute Gasteiger partial charge is 0.356 e. The van der Waals surface area contributed by atoms with Crippen LogP contribution in [0.2, 0.25) is 0 Å². The Hall–Kier alpha value is -1.10. The van der Waals surface area contributed by atoms with Gasteiger partial charge in [0.1, 0.15) is 0 Å². The first-order valence-corrected chi connectivity index (χ1v) is 8.27. The zero-order chi connectivity index (χ0) is 15.8. The van der Waals surface area contributed by atoms with Crippen molar-refractivity contribution in [1.82, 2.24) is 10.2 Å². The Labute approximate surface area is 128 Å². The summed E-state index contributed by atoms with van der Waals surface area (Å²) in [5.41, 5.74) is 5.95. The van der Waals surface area contributed by atoms with Crippen molar-refractivity contribution in [3.8, 4) is 0 Å². The van der Waals surface area contributed by atoms with E-state index in [9.17, 15) is 9.59 Å². The molecule has 0 radical (unpaired) electrons. The van der Waals surface area contributed by atoms with Gasteiger partial charge in [0, 0.05) is 25.6 Å². The topological polar surface area (TPSA) is 75.4 Å². The number of nitrogens with one attached hydrogen (secondary N) is 1. The molecular formula is C16H31N3O2. The molecule has 0 aliphatic carbocycles. The molecule has 0 saturated carbocycles. The van der Waals surface area contributed by atoms with Gasteiger partial charge in [-0.1, -0.05) is 27.2 Å². The first-order chi connectivity index (χ1) is 9.95. The van der Waals surface area contributed by atoms with Gasteiger partial charge in [-0.15, -0.1) is 0 Å². The fourth-order valence-electron chi connectivity index (χ4n) is 2.74. The fourth-order valence-corrected chi connectivity index (χ4v) is 2.74. The van der Waals surface area contributed by atoms with Crippen LogP contribution in [-0.4, -0.2) is 42.4 Å². The number of nitrogens with zero attached hydrogens (tertiary/aromatic N) is 1. The lowest BCUT2D eigenvalue weighted by Crippen LogP contribution is -2.49. The summed E-state index contributed by atoms with van der Waals surface area (Å²) in [6, 6.07) is -0.403. The standard InChI is InChI=1S/C16H31N3O2/c1-4-5-8-18-15(20)13-6-9-19(10-7-13)16(21)14(17)11-12(2)3/h12-14H,4-11,17H2,1-3H3,(H,18,20). The van der Waals surface area contributed by atoms with E-state index in [1.165, 1.54) is 0 Å². The first-order valence-electron chi connectivity index (χ1n) is 8.27. The third-order valence-electron chi connectivity index (χ3n) is 4.05. The normalized spacial score (nSPS) is 17.9. The third kappa shape index (κ3) is 6.04. The number of rotatable bonds is 7. The Bertz CT molecular complexity index is 336. The molecule has 1 aliphatic rings. The summed E-state index contributed by atoms with van der Waals surface area (Å²) in [6.45, 7) is 8.30. The smallest absolute Gasteiger partial charge is 0.239 e. The number of nitrogens with two attached hydrogens (primary N) is 1. The molecule has 0 spiro atoms. The van der Waals surface area contributed by atoms with Crippen LogP contribution in [-0.2, 0) is 9.59 Å². The summed E-state index contributed by atoms with van der Waals surface area (Å²) in [7, 11) is 0. The van der Waals surface area contributed by atoms with E-state index in [4.69, 9.17) is 5.73 Å². The number of carbonyl (C=O) groups is 2. The molecule has 1 heterocycles. The lowest BCUT2D eigenvalue weighted by atomic mass is 9.94. The summed E-state index contributed by atoms with van der Waals surface area (Å²) in [4.78, 5) is 26.0. The Kier molecular flexibility index (Phi) is 7.72. The predicted octanol–water partition coefficient (Wildman–Crippen LogP) is 1.51. The Morgan fingerprint density at radius 3 is 2.43 bits per heavy atom. The summed E-state index contributed by atoms with van der Waals surface area (Å²) < 4.78 is 0. The van der Waals surface area contributed by atoms with Crippen molar-refractivity contribution in [2.45, 2.75) is 58.9 Å². The van der Waals surface area contributed by atoms with E-state index in [1.54, 1.807) is 0 Å². The number of carbonyl (C=O) groups excluding carboxylic acids is 2. The molecule has 21 heavy (non-hydrogen) atoms. The third-order valence-corrected chi connectivity index (χ3v) is 4.05. The van der Waals surface area contributed by atoms with Crippen LogP contribution >= 0.6 is 0 Å². The van der Waals surface area contributed by atoms with E-state index in [0.717, 1.165) is 38.6 Å². The number of unbranched alkanes of at least 4 members (excludes halogenated alkanes) is 1. The van der Waals surface area contributed by atoms with E-state index < -0.39 is 6.04 Å². The molecule has 1 unspecified atom stereocenters. The van der Waals surface area contributed by atoms with Gasteiger partial charge in [-0.3, -0.25) is 9.59 Å². The zero-order valence-corrected chi connectivity index (χ0v) is 13.7. The van der Waals surface area contributed by atoms with Crippen LogP contribution < -0.4 is 11.1 Å². The summed E-state index contributed by atoms with van der Waals surface area (Å²) >= 11 is 0. The Morgan fingerprint density at radius 2 is 1.90 bits per heavy atom. The molecule has 122 valence electrons. The molecule has 2 amide bonds. The second kappa shape index (κ2) is 9.03. The van der Waals surface area contributed by atoms with Gasteiger partial charge in [-0.05, 0) is 31.6 Å². The number of piperidine rings is 1. The van der Waals surface area contributed by atoms with Gasteiger partial charge in [-0.2, -0.15) is 0 Å². The lowest BCUT2D eigenvalue weighted by Gasteiger charge is -2.33. The zero-order valence-electron chi connectivity index (χ0n) is 13.7. The van der Waals surface area contributed by atoms with Crippen molar-refractivity contribution in [2.24, 2.45) is 17.6 Å². The van der Waals surface area contributed by atoms with Crippen LogP contribution in [0, 0.1) is 11.8 Å². The maximum Gasteiger partial charge on any atom is 0.239 e. The van der Waals surface area contributed by atoms with Crippen molar-refractivity contribution in [1.29, 1.82) is 0 Å². The highest BCUT2D eigenvalue weighted by molar-refractivity contribution is 5.82. The van der Waals surface area contributed by atoms with Gasteiger partial charge >= 0.3 is 0 Å². The summed E-state index contributed by atoms with van der Waals surface area (Å²) in [6.07, 6.45) is 4.32. The van der Waals surface area contributed by atoms with Crippen molar-refractivity contribution in [3.05, 3.63) is 0 Å². The van der Waals surface area contributed by atoms with Crippen LogP contribution in [0.3, 0.4) is 0 Å². The average Bonchev–Trinajstić information content (AvgIpc) is 2.46. The van der Waals surface area contributed by atoms with Crippen LogP contribution in [0.4, 0.5) is 0 Å². The van der Waals surface area contributed by atoms with E-state index in [0.29, 0.717) is 19.0 Å². The number of amides is 2. The van der Waals surface area contributed by atoms with Crippen LogP contribution in [0.5, 0.6) is 0 Å². The summed E-state index contributed by atoms with van der Waals surface area (Å²) in [5, 5.41) is 2.98. The predicted molar refractivity (Wildman–Crippen MR) is 84.7 cm³/mol. The molecule has 0 bridgehead atoms. The van der Waals surface area contributed by atoms with Gasteiger partial charge in [0.15, 0.2) is 0 Å². The Balaban J connectivity index is 2.34. The molecule has 5 nitrogen and oxygen atoms in total. The number of likely N-dealkylation sites (tertiary alicyclic amines) is 1. The van der Waals surface area contributed by atoms with Crippen LogP contribution in [0.1, 0.15) is 52.9 Å². The maximum absolute atomic E-state index is 12.2. The van der Waals surface area contributed by atoms with Gasteiger partial charge in [0.05, 0.1) is 6.04 Å². The minimum Gasteiger partial charge on any atom is -0.356 e. The molecule has 3 N–H and O–H groups in total. The molecule has 1 fully saturated rings. The van der Waals surface area contributed by atoms with E-state index >= 15 is 0 Å². The number of hydrogen-bond donors (Lipinski definition) is 2. The molecule has 1 atom stereocenters. The highest BCUT2D eigenvalue weighted by Crippen LogP contribution is 2.18. The van der Waals surface area contributed by atoms with Crippen molar-refractivity contribution >= 4 is 11.8 Å². The van der Waals surface area contributed by atoms with Gasteiger partial charge < -0.3 is 16.0 Å². The average molecular weight is 297 g/mol. The molecule has 0 aromatic rings. The van der Waals surface area contributed by atoms with E-state index in [-0.39, 0.29) is 17.7 Å². The van der Waals surface area contributed by atoms with Crippen molar-refractivity contribution in [2.75, 3.05) is 19.6 Å². The Morgan fingerprint density at radius 1 is 1.29 bits per heavy atom. The molecule has 0 aromatic carbocycles. The molecule has 1 aliphatic heterocycles. The molecule has 1 saturated heterocycles. The lowest BCUT2D eigenvalue weighted by molar-refractivity contribution is -0.137. The minimum absolute atomic E-state index is 0.0357. The van der Waals surface area contributed by atoms with Crippen LogP contribution in [0.15, 0.2) is 0 Å². The van der Waals surface area contributed by atoms with E-state index in [1.807, 2.05) is 4.90 Å². The SMILES string of the molecule is CCCCNC(=O)C1CCN(C(=O)C(N)CC(C)C)CC1. The molecule has 1 rings (SSSR count). The quantitative estimate of drug-likeness (QED) is 0.700. The van der Waals surface area contributed by atoms with Gasteiger partial charge in [0.2, 0.25) is 11.8 Å². The molecular weight excluding hydrogens is 266 g/mol. The van der Waals surface area contributed by atoms with Crippen molar-refractivity contribution < 1.29 is 9.59 Å². The van der Waals surface area contributed by atoms with Gasteiger partial charge in [-0.25, -0.2) is 0 Å². The highest BCUT2D eigenvalue weighted by atomic mass is 16.2. The highest BCUT2D eigenvalue weighted by Gasteiger charge is 2.29. The molecule has 0 aromatic heterocycles. The fraction of sp³-hybridized carbons (Fsp3) is 0.875. The summed E-state index contributed by atoms with van der Waals surface area (Å²) in [5.74, 6) is 0.647. The second-order valence-electron chi connectivity index (χ2n) is 6.48. The monoisotopic (exact) mass is 297 g/mol. The van der Waals surface area contributed by atoms with Gasteiger partial charge in [0.25, 0.3) is 0 Å². The van der Waals surface area contributed by atoms with Crippen molar-refractivity contribution in [3.63, 3.8) is 0 Å². The molecule has 5 heteroatoms. The van der Waals surface area contributed by atoms with Crippen LogP contribution in [0.25, 0.3) is 0 Å². The maximum atomic E-state index is 12.2. The van der Waals surface area contributed by atoms with E-state index in [2.05, 4.69) is 26.1 Å². The number of hydrogen-bond acceptors (Lipinski definition) is 3. The first kappa shape index (κ1) is 18.0.